The Labute approximate surface area is 110 Å². The third-order valence-corrected chi connectivity index (χ3v) is 2.55. The van der Waals surface area contributed by atoms with Crippen molar-refractivity contribution >= 4 is 11.9 Å². The van der Waals surface area contributed by atoms with E-state index in [1.54, 1.807) is 30.3 Å². The van der Waals surface area contributed by atoms with Gasteiger partial charge in [-0.3, -0.25) is 4.79 Å². The quantitative estimate of drug-likeness (QED) is 0.624. The van der Waals surface area contributed by atoms with Crippen LogP contribution in [0.5, 0.6) is 5.88 Å². The first-order chi connectivity index (χ1) is 9.20. The number of carbonyl (C=O) groups is 1. The largest absolute Gasteiger partial charge is 0.481 e. The average Bonchev–Trinajstić information content (AvgIpc) is 2.46. The van der Waals surface area contributed by atoms with Crippen LogP contribution in [-0.2, 0) is 0 Å². The SMILES string of the molecule is COc1ccc(C(=O)C=Cc2ccccc2F)cn1. The van der Waals surface area contributed by atoms with Gasteiger partial charge >= 0.3 is 0 Å². The van der Waals surface area contributed by atoms with E-state index in [-0.39, 0.29) is 11.6 Å². The lowest BCUT2D eigenvalue weighted by Crippen LogP contribution is -1.96. The minimum atomic E-state index is -0.362. The number of carbonyl (C=O) groups excluding carboxylic acids is 1. The monoisotopic (exact) mass is 257 g/mol. The van der Waals surface area contributed by atoms with E-state index in [9.17, 15) is 9.18 Å². The molecule has 0 N–H and O–H groups in total. The van der Waals surface area contributed by atoms with Gasteiger partial charge in [0.2, 0.25) is 5.88 Å². The number of allylic oxidation sites excluding steroid dienone is 1. The summed E-state index contributed by atoms with van der Waals surface area (Å²) in [4.78, 5) is 15.8. The Bertz CT molecular complexity index is 606. The van der Waals surface area contributed by atoms with Crippen molar-refractivity contribution in [3.8, 4) is 5.88 Å². The van der Waals surface area contributed by atoms with E-state index in [4.69, 9.17) is 4.74 Å². The molecule has 0 unspecified atom stereocenters. The number of ether oxygens (including phenoxy) is 1. The van der Waals surface area contributed by atoms with E-state index in [2.05, 4.69) is 4.98 Å². The van der Waals surface area contributed by atoms with Gasteiger partial charge in [0.05, 0.1) is 7.11 Å². The molecule has 0 radical (unpaired) electrons. The van der Waals surface area contributed by atoms with Crippen molar-refractivity contribution in [1.29, 1.82) is 0 Å². The number of ketones is 1. The van der Waals surface area contributed by atoms with Crippen molar-refractivity contribution < 1.29 is 13.9 Å². The first-order valence-corrected chi connectivity index (χ1v) is 5.67. The zero-order chi connectivity index (χ0) is 13.7. The average molecular weight is 257 g/mol. The Balaban J connectivity index is 2.14. The Morgan fingerprint density at radius 1 is 1.26 bits per heavy atom. The minimum absolute atomic E-state index is 0.238. The van der Waals surface area contributed by atoms with Crippen molar-refractivity contribution in [3.63, 3.8) is 0 Å². The lowest BCUT2D eigenvalue weighted by molar-refractivity contribution is 0.104. The Kier molecular flexibility index (Phi) is 4.03. The minimum Gasteiger partial charge on any atom is -0.481 e. The van der Waals surface area contributed by atoms with E-state index < -0.39 is 0 Å². The molecule has 1 aromatic carbocycles. The lowest BCUT2D eigenvalue weighted by Gasteiger charge is -1.99. The maximum absolute atomic E-state index is 13.3. The molecule has 0 fully saturated rings. The molecule has 2 rings (SSSR count). The fourth-order valence-corrected chi connectivity index (χ4v) is 1.52. The third kappa shape index (κ3) is 3.25. The molecule has 4 heteroatoms. The molecule has 0 saturated heterocycles. The first kappa shape index (κ1) is 13.0. The van der Waals surface area contributed by atoms with Gasteiger partial charge in [-0.2, -0.15) is 0 Å². The topological polar surface area (TPSA) is 39.2 Å². The van der Waals surface area contributed by atoms with Gasteiger partial charge in [-0.25, -0.2) is 9.37 Å². The van der Waals surface area contributed by atoms with Crippen LogP contribution >= 0.6 is 0 Å². The number of rotatable bonds is 4. The molecule has 2 aromatic rings. The summed E-state index contributed by atoms with van der Waals surface area (Å²) in [5.74, 6) is -0.160. The van der Waals surface area contributed by atoms with Crippen LogP contribution in [0.1, 0.15) is 15.9 Å². The van der Waals surface area contributed by atoms with Crippen molar-refractivity contribution in [2.75, 3.05) is 7.11 Å². The summed E-state index contributed by atoms with van der Waals surface area (Å²) < 4.78 is 18.3. The first-order valence-electron chi connectivity index (χ1n) is 5.67. The molecule has 0 aliphatic rings. The number of halogens is 1. The van der Waals surface area contributed by atoms with E-state index in [0.717, 1.165) is 0 Å². The van der Waals surface area contributed by atoms with Gasteiger partial charge in [0.15, 0.2) is 5.78 Å². The fourth-order valence-electron chi connectivity index (χ4n) is 1.52. The highest BCUT2D eigenvalue weighted by Crippen LogP contribution is 2.11. The highest BCUT2D eigenvalue weighted by Gasteiger charge is 2.03. The highest BCUT2D eigenvalue weighted by molar-refractivity contribution is 6.06. The van der Waals surface area contributed by atoms with Gasteiger partial charge in [-0.05, 0) is 24.3 Å². The molecule has 0 atom stereocenters. The summed E-state index contributed by atoms with van der Waals surface area (Å²) in [7, 11) is 1.50. The fraction of sp³-hybridized carbons (Fsp3) is 0.0667. The second-order valence-corrected chi connectivity index (χ2v) is 3.81. The van der Waals surface area contributed by atoms with Crippen molar-refractivity contribution in [1.82, 2.24) is 4.98 Å². The van der Waals surface area contributed by atoms with Crippen LogP contribution in [0, 0.1) is 5.82 Å². The zero-order valence-electron chi connectivity index (χ0n) is 10.3. The van der Waals surface area contributed by atoms with Gasteiger partial charge in [0.1, 0.15) is 5.82 Å². The molecule has 19 heavy (non-hydrogen) atoms. The van der Waals surface area contributed by atoms with E-state index in [0.29, 0.717) is 17.0 Å². The molecule has 96 valence electrons. The van der Waals surface area contributed by atoms with E-state index in [1.807, 2.05) is 0 Å². The van der Waals surface area contributed by atoms with Crippen molar-refractivity contribution in [2.45, 2.75) is 0 Å². The van der Waals surface area contributed by atoms with Crippen LogP contribution in [0.25, 0.3) is 6.08 Å². The van der Waals surface area contributed by atoms with Gasteiger partial charge in [0.25, 0.3) is 0 Å². The number of aromatic nitrogens is 1. The number of hydrogen-bond acceptors (Lipinski definition) is 3. The Hall–Kier alpha value is -2.49. The molecular weight excluding hydrogens is 245 g/mol. The van der Waals surface area contributed by atoms with Crippen LogP contribution in [0.3, 0.4) is 0 Å². The predicted octanol–water partition coefficient (Wildman–Crippen LogP) is 3.13. The summed E-state index contributed by atoms with van der Waals surface area (Å²) in [5, 5.41) is 0. The van der Waals surface area contributed by atoms with Crippen LogP contribution < -0.4 is 4.74 Å². The molecule has 0 bridgehead atoms. The third-order valence-electron chi connectivity index (χ3n) is 2.55. The Morgan fingerprint density at radius 2 is 2.05 bits per heavy atom. The van der Waals surface area contributed by atoms with Crippen LogP contribution in [-0.4, -0.2) is 17.9 Å². The summed E-state index contributed by atoms with van der Waals surface area (Å²) in [6, 6.07) is 9.47. The molecule has 3 nitrogen and oxygen atoms in total. The molecular formula is C15H12FNO2. The van der Waals surface area contributed by atoms with Gasteiger partial charge in [-0.1, -0.05) is 18.2 Å². The van der Waals surface area contributed by atoms with Gasteiger partial charge in [-0.15, -0.1) is 0 Å². The zero-order valence-corrected chi connectivity index (χ0v) is 10.3. The van der Waals surface area contributed by atoms with Crippen LogP contribution in [0.4, 0.5) is 4.39 Å². The summed E-state index contributed by atoms with van der Waals surface area (Å²) in [5.41, 5.74) is 0.797. The molecule has 1 aromatic heterocycles. The highest BCUT2D eigenvalue weighted by atomic mass is 19.1. The smallest absolute Gasteiger partial charge is 0.212 e. The number of methoxy groups -OCH3 is 1. The molecule has 0 aliphatic heterocycles. The number of nitrogens with zero attached hydrogens (tertiary/aromatic N) is 1. The number of hydrogen-bond donors (Lipinski definition) is 0. The Morgan fingerprint density at radius 3 is 2.68 bits per heavy atom. The normalized spacial score (nSPS) is 10.6. The summed E-state index contributed by atoms with van der Waals surface area (Å²) in [6.07, 6.45) is 4.19. The second kappa shape index (κ2) is 5.91. The molecule has 1 heterocycles. The van der Waals surface area contributed by atoms with E-state index >= 15 is 0 Å². The molecule has 0 amide bonds. The maximum atomic E-state index is 13.3. The summed E-state index contributed by atoms with van der Waals surface area (Å²) >= 11 is 0. The van der Waals surface area contributed by atoms with Gasteiger partial charge in [0, 0.05) is 23.4 Å². The molecule has 0 spiro atoms. The predicted molar refractivity (Wildman–Crippen MR) is 70.6 cm³/mol. The van der Waals surface area contributed by atoms with Crippen molar-refractivity contribution in [2.24, 2.45) is 0 Å². The van der Waals surface area contributed by atoms with Crippen LogP contribution in [0.2, 0.25) is 0 Å². The lowest BCUT2D eigenvalue weighted by atomic mass is 10.1. The second-order valence-electron chi connectivity index (χ2n) is 3.81. The van der Waals surface area contributed by atoms with Crippen LogP contribution in [0.15, 0.2) is 48.7 Å². The maximum Gasteiger partial charge on any atom is 0.212 e. The number of benzene rings is 1. The molecule has 0 saturated carbocycles. The van der Waals surface area contributed by atoms with Crippen molar-refractivity contribution in [3.05, 3.63) is 65.6 Å². The molecule has 0 aliphatic carbocycles. The standard InChI is InChI=1S/C15H12FNO2/c1-19-15-9-7-12(10-17-15)14(18)8-6-11-4-2-3-5-13(11)16/h2-10H,1H3. The summed E-state index contributed by atoms with van der Waals surface area (Å²) in [6.45, 7) is 0. The van der Waals surface area contributed by atoms with Gasteiger partial charge < -0.3 is 4.74 Å². The van der Waals surface area contributed by atoms with E-state index in [1.165, 1.54) is 31.5 Å². The number of pyridine rings is 1.